The van der Waals surface area contributed by atoms with Gasteiger partial charge in [-0.1, -0.05) is 13.8 Å². The zero-order valence-electron chi connectivity index (χ0n) is 12.0. The third-order valence-corrected chi connectivity index (χ3v) is 3.52. The van der Waals surface area contributed by atoms with Crippen molar-refractivity contribution in [3.05, 3.63) is 22.5 Å². The number of nitro groups is 1. The lowest BCUT2D eigenvalue weighted by atomic mass is 9.88. The van der Waals surface area contributed by atoms with Crippen molar-refractivity contribution in [2.75, 3.05) is 6.54 Å². The minimum absolute atomic E-state index is 0.0839. The summed E-state index contributed by atoms with van der Waals surface area (Å²) in [6.45, 7) is 6.52. The molecule has 1 atom stereocenters. The second kappa shape index (κ2) is 6.47. The van der Waals surface area contributed by atoms with Gasteiger partial charge in [0.25, 0.3) is 0 Å². The topological polar surface area (TPSA) is 116 Å². The average Bonchev–Trinajstić information content (AvgIpc) is 2.85. The zero-order chi connectivity index (χ0) is 15.3. The highest BCUT2D eigenvalue weighted by Crippen LogP contribution is 2.15. The van der Waals surface area contributed by atoms with Gasteiger partial charge in [-0.25, -0.2) is 0 Å². The molecule has 0 aliphatic rings. The van der Waals surface area contributed by atoms with Gasteiger partial charge in [-0.3, -0.25) is 19.6 Å². The maximum Gasteiger partial charge on any atom is 0.306 e. The first-order valence-corrected chi connectivity index (χ1v) is 6.46. The van der Waals surface area contributed by atoms with E-state index >= 15 is 0 Å². The van der Waals surface area contributed by atoms with E-state index in [4.69, 9.17) is 5.73 Å². The van der Waals surface area contributed by atoms with E-state index in [0.29, 0.717) is 13.1 Å². The molecule has 0 saturated heterocycles. The van der Waals surface area contributed by atoms with Crippen molar-refractivity contribution in [3.8, 4) is 0 Å². The van der Waals surface area contributed by atoms with Crippen LogP contribution in [-0.4, -0.2) is 32.7 Å². The maximum atomic E-state index is 11.9. The van der Waals surface area contributed by atoms with E-state index in [1.165, 1.54) is 10.9 Å². The summed E-state index contributed by atoms with van der Waals surface area (Å²) < 4.78 is 1.38. The fourth-order valence-electron chi connectivity index (χ4n) is 1.60. The molecule has 1 amide bonds. The molecule has 1 rings (SSSR count). The molecule has 1 aromatic heterocycles. The number of nitrogens with one attached hydrogen (secondary N) is 1. The summed E-state index contributed by atoms with van der Waals surface area (Å²) in [5.41, 5.74) is 5.16. The lowest BCUT2D eigenvalue weighted by Crippen LogP contribution is -2.55. The Morgan fingerprint density at radius 3 is 2.75 bits per heavy atom. The van der Waals surface area contributed by atoms with Crippen LogP contribution < -0.4 is 11.1 Å². The number of amides is 1. The number of carbonyl (C=O) groups excluding carboxylic acids is 1. The second-order valence-corrected chi connectivity index (χ2v) is 5.29. The molecule has 1 unspecified atom stereocenters. The molecule has 0 fully saturated rings. The van der Waals surface area contributed by atoms with E-state index in [9.17, 15) is 14.9 Å². The number of aryl methyl sites for hydroxylation is 1. The van der Waals surface area contributed by atoms with E-state index in [0.717, 1.165) is 6.20 Å². The average molecular weight is 283 g/mol. The molecule has 0 bridgehead atoms. The number of hydrogen-bond donors (Lipinski definition) is 2. The number of aromatic nitrogens is 2. The van der Waals surface area contributed by atoms with Gasteiger partial charge < -0.3 is 11.1 Å². The smallest absolute Gasteiger partial charge is 0.306 e. The Morgan fingerprint density at radius 1 is 1.65 bits per heavy atom. The standard InChI is InChI=1S/C12H21N5O3/c1-9(2)12(3,8-13)15-11(18)4-5-16-7-10(6-14-16)17(19)20/h6-7,9H,4-5,8,13H2,1-3H3,(H,15,18). The number of nitrogens with two attached hydrogens (primary N) is 1. The number of rotatable bonds is 7. The largest absolute Gasteiger partial charge is 0.349 e. The van der Waals surface area contributed by atoms with Gasteiger partial charge in [-0.05, 0) is 12.8 Å². The molecule has 0 aliphatic carbocycles. The molecule has 1 aromatic rings. The van der Waals surface area contributed by atoms with Gasteiger partial charge in [0.05, 0.1) is 10.5 Å². The van der Waals surface area contributed by atoms with Crippen molar-refractivity contribution in [1.82, 2.24) is 15.1 Å². The van der Waals surface area contributed by atoms with Crippen LogP contribution >= 0.6 is 0 Å². The first-order valence-electron chi connectivity index (χ1n) is 6.46. The Morgan fingerprint density at radius 2 is 2.30 bits per heavy atom. The highest BCUT2D eigenvalue weighted by Gasteiger charge is 2.28. The first-order chi connectivity index (χ1) is 9.28. The molecule has 20 heavy (non-hydrogen) atoms. The highest BCUT2D eigenvalue weighted by molar-refractivity contribution is 5.76. The molecule has 112 valence electrons. The summed E-state index contributed by atoms with van der Waals surface area (Å²) in [6, 6.07) is 0. The molecule has 0 saturated carbocycles. The van der Waals surface area contributed by atoms with Gasteiger partial charge in [0.2, 0.25) is 5.91 Å². The van der Waals surface area contributed by atoms with Crippen LogP contribution in [0.15, 0.2) is 12.4 Å². The summed E-state index contributed by atoms with van der Waals surface area (Å²) in [4.78, 5) is 21.9. The molecule has 8 nitrogen and oxygen atoms in total. The predicted octanol–water partition coefficient (Wildman–Crippen LogP) is 0.671. The van der Waals surface area contributed by atoms with Crippen LogP contribution in [-0.2, 0) is 11.3 Å². The molecule has 0 aliphatic heterocycles. The van der Waals surface area contributed by atoms with Crippen LogP contribution in [0.25, 0.3) is 0 Å². The van der Waals surface area contributed by atoms with Crippen LogP contribution in [0.5, 0.6) is 0 Å². The van der Waals surface area contributed by atoms with E-state index in [1.54, 1.807) is 0 Å². The summed E-state index contributed by atoms with van der Waals surface area (Å²) >= 11 is 0. The van der Waals surface area contributed by atoms with Gasteiger partial charge in [0, 0.05) is 19.5 Å². The minimum Gasteiger partial charge on any atom is -0.349 e. The third-order valence-electron chi connectivity index (χ3n) is 3.52. The van der Waals surface area contributed by atoms with Crippen molar-refractivity contribution in [3.63, 3.8) is 0 Å². The lowest BCUT2D eigenvalue weighted by molar-refractivity contribution is -0.385. The molecule has 0 spiro atoms. The van der Waals surface area contributed by atoms with E-state index in [1.807, 2.05) is 20.8 Å². The lowest BCUT2D eigenvalue weighted by Gasteiger charge is -2.33. The van der Waals surface area contributed by atoms with Crippen LogP contribution in [0, 0.1) is 16.0 Å². The summed E-state index contributed by atoms with van der Waals surface area (Å²) in [5, 5.41) is 17.2. The van der Waals surface area contributed by atoms with Gasteiger partial charge >= 0.3 is 5.69 Å². The molecule has 1 heterocycles. The van der Waals surface area contributed by atoms with Crippen LogP contribution in [0.3, 0.4) is 0 Å². The second-order valence-electron chi connectivity index (χ2n) is 5.29. The van der Waals surface area contributed by atoms with Crippen molar-refractivity contribution in [2.45, 2.75) is 39.3 Å². The van der Waals surface area contributed by atoms with Crippen LogP contribution in [0.1, 0.15) is 27.2 Å². The fraction of sp³-hybridized carbons (Fsp3) is 0.667. The third kappa shape index (κ3) is 4.02. The quantitative estimate of drug-likeness (QED) is 0.563. The Hall–Kier alpha value is -1.96. The summed E-state index contributed by atoms with van der Waals surface area (Å²) in [5.74, 6) is 0.0621. The molecule has 3 N–H and O–H groups in total. The Labute approximate surface area is 117 Å². The summed E-state index contributed by atoms with van der Waals surface area (Å²) in [6.07, 6.45) is 2.66. The Balaban J connectivity index is 2.52. The van der Waals surface area contributed by atoms with Crippen molar-refractivity contribution < 1.29 is 9.72 Å². The van der Waals surface area contributed by atoms with Crippen molar-refractivity contribution in [1.29, 1.82) is 0 Å². The van der Waals surface area contributed by atoms with Gasteiger partial charge in [-0.2, -0.15) is 5.10 Å². The van der Waals surface area contributed by atoms with E-state index < -0.39 is 10.5 Å². The molecular weight excluding hydrogens is 262 g/mol. The number of nitrogens with zero attached hydrogens (tertiary/aromatic N) is 3. The minimum atomic E-state index is -0.520. The Bertz CT molecular complexity index is 485. The van der Waals surface area contributed by atoms with Gasteiger partial charge in [0.15, 0.2) is 0 Å². The maximum absolute atomic E-state index is 11.9. The first kappa shape index (κ1) is 16.1. The van der Waals surface area contributed by atoms with E-state index in [-0.39, 0.29) is 23.9 Å². The van der Waals surface area contributed by atoms with Gasteiger partial charge in [-0.15, -0.1) is 0 Å². The molecule has 8 heteroatoms. The highest BCUT2D eigenvalue weighted by atomic mass is 16.6. The zero-order valence-corrected chi connectivity index (χ0v) is 12.0. The van der Waals surface area contributed by atoms with Gasteiger partial charge in [0.1, 0.15) is 12.4 Å². The number of carbonyl (C=O) groups is 1. The van der Waals surface area contributed by atoms with E-state index in [2.05, 4.69) is 10.4 Å². The molecular formula is C12H21N5O3. The Kier molecular flexibility index (Phi) is 5.20. The SMILES string of the molecule is CC(C)C(C)(CN)NC(=O)CCn1cc([N+](=O)[O-])cn1. The summed E-state index contributed by atoms with van der Waals surface area (Å²) in [7, 11) is 0. The van der Waals surface area contributed by atoms with Crippen molar-refractivity contribution in [2.24, 2.45) is 11.7 Å². The molecule has 0 aromatic carbocycles. The number of hydrogen-bond acceptors (Lipinski definition) is 5. The normalized spacial score (nSPS) is 14.1. The monoisotopic (exact) mass is 283 g/mol. The van der Waals surface area contributed by atoms with Crippen molar-refractivity contribution >= 4 is 11.6 Å². The fourth-order valence-corrected chi connectivity index (χ4v) is 1.60. The van der Waals surface area contributed by atoms with Crippen LogP contribution in [0.2, 0.25) is 0 Å². The van der Waals surface area contributed by atoms with Crippen LogP contribution in [0.4, 0.5) is 5.69 Å². The molecule has 0 radical (unpaired) electrons. The predicted molar refractivity (Wildman–Crippen MR) is 73.9 cm³/mol.